The fourth-order valence-electron chi connectivity index (χ4n) is 2.13. The molecular formula is C20H21F5N2O3S. The molecule has 31 heavy (non-hydrogen) atoms. The Morgan fingerprint density at radius 3 is 2.00 bits per heavy atom. The topological polar surface area (TPSA) is 72.2 Å². The lowest BCUT2D eigenvalue weighted by molar-refractivity contribution is -0.156. The first-order valence-corrected chi connectivity index (χ1v) is 10.7. The quantitative estimate of drug-likeness (QED) is 0.448. The Kier molecular flexibility index (Phi) is 9.17. The molecule has 11 heteroatoms. The van der Waals surface area contributed by atoms with Gasteiger partial charge in [0, 0.05) is 5.56 Å². The zero-order chi connectivity index (χ0) is 23.8. The third-order valence-electron chi connectivity index (χ3n) is 3.34. The van der Waals surface area contributed by atoms with Crippen molar-refractivity contribution in [1.29, 1.82) is 0 Å². The van der Waals surface area contributed by atoms with E-state index >= 15 is 0 Å². The van der Waals surface area contributed by atoms with Crippen LogP contribution >= 0.6 is 0 Å². The average molecular weight is 464 g/mol. The SMILES string of the molecule is CC.CC.O=S(=O)(Nc1nc(C(F)(F)F)oc1-c1ccc(F)c(F)c1)c1ccccc1. The van der Waals surface area contributed by atoms with Crippen LogP contribution in [0.25, 0.3) is 11.3 Å². The number of nitrogens with one attached hydrogen (secondary N) is 1. The molecule has 0 fully saturated rings. The van der Waals surface area contributed by atoms with Crippen molar-refractivity contribution in [2.24, 2.45) is 0 Å². The van der Waals surface area contributed by atoms with Crippen molar-refractivity contribution in [1.82, 2.24) is 4.98 Å². The molecule has 0 aliphatic rings. The van der Waals surface area contributed by atoms with Gasteiger partial charge in [-0.15, -0.1) is 0 Å². The molecule has 0 radical (unpaired) electrons. The number of aromatic nitrogens is 1. The van der Waals surface area contributed by atoms with E-state index in [1.54, 1.807) is 6.07 Å². The highest BCUT2D eigenvalue weighted by molar-refractivity contribution is 7.92. The predicted octanol–water partition coefficient (Wildman–Crippen LogP) is 6.49. The number of nitrogens with zero attached hydrogens (tertiary/aromatic N) is 1. The monoisotopic (exact) mass is 464 g/mol. The fraction of sp³-hybridized carbons (Fsp3) is 0.250. The van der Waals surface area contributed by atoms with Gasteiger partial charge in [0.25, 0.3) is 10.0 Å². The van der Waals surface area contributed by atoms with E-state index in [9.17, 15) is 30.4 Å². The second-order valence-electron chi connectivity index (χ2n) is 5.24. The first-order chi connectivity index (χ1) is 14.6. The smallest absolute Gasteiger partial charge is 0.430 e. The van der Waals surface area contributed by atoms with Crippen LogP contribution in [0.5, 0.6) is 0 Å². The van der Waals surface area contributed by atoms with Crippen LogP contribution < -0.4 is 4.72 Å². The van der Waals surface area contributed by atoms with Crippen LogP contribution in [-0.4, -0.2) is 13.4 Å². The van der Waals surface area contributed by atoms with Gasteiger partial charge in [0.05, 0.1) is 4.90 Å². The summed E-state index contributed by atoms with van der Waals surface area (Å²) < 4.78 is 96.5. The van der Waals surface area contributed by atoms with Gasteiger partial charge in [-0.05, 0) is 30.3 Å². The normalized spacial score (nSPS) is 11.0. The Morgan fingerprint density at radius 1 is 0.903 bits per heavy atom. The number of rotatable bonds is 4. The molecule has 1 heterocycles. The van der Waals surface area contributed by atoms with Crippen LogP contribution in [0.4, 0.5) is 27.8 Å². The van der Waals surface area contributed by atoms with Crippen molar-refractivity contribution < 1.29 is 34.8 Å². The lowest BCUT2D eigenvalue weighted by Gasteiger charge is -2.07. The van der Waals surface area contributed by atoms with Gasteiger partial charge in [0.1, 0.15) is 0 Å². The standard InChI is InChI=1S/C16H9F5N2O3S.2C2H6/c17-11-7-6-9(8-12(11)18)13-14(22-15(26-13)16(19,20)21)23-27(24,25)10-4-2-1-3-5-10;2*1-2/h1-8,23H;2*1-2H3. The molecule has 0 spiro atoms. The van der Waals surface area contributed by atoms with Gasteiger partial charge in [0.2, 0.25) is 0 Å². The van der Waals surface area contributed by atoms with Crippen LogP contribution in [0, 0.1) is 11.6 Å². The fourth-order valence-corrected chi connectivity index (χ4v) is 3.16. The second kappa shape index (κ2) is 10.9. The molecule has 0 bridgehead atoms. The highest BCUT2D eigenvalue weighted by Gasteiger charge is 2.39. The van der Waals surface area contributed by atoms with Gasteiger partial charge in [0.15, 0.2) is 23.2 Å². The molecule has 0 unspecified atom stereocenters. The van der Waals surface area contributed by atoms with E-state index in [1.165, 1.54) is 24.3 Å². The highest BCUT2D eigenvalue weighted by atomic mass is 32.2. The summed E-state index contributed by atoms with van der Waals surface area (Å²) >= 11 is 0. The van der Waals surface area contributed by atoms with E-state index in [1.807, 2.05) is 32.4 Å². The van der Waals surface area contributed by atoms with E-state index < -0.39 is 45.3 Å². The molecule has 1 N–H and O–H groups in total. The molecule has 3 rings (SSSR count). The molecule has 3 aromatic rings. The third-order valence-corrected chi connectivity index (χ3v) is 4.69. The molecule has 1 aromatic heterocycles. The second-order valence-corrected chi connectivity index (χ2v) is 6.92. The molecule has 5 nitrogen and oxygen atoms in total. The van der Waals surface area contributed by atoms with Gasteiger partial charge in [-0.3, -0.25) is 4.72 Å². The van der Waals surface area contributed by atoms with E-state index in [4.69, 9.17) is 0 Å². The van der Waals surface area contributed by atoms with Crippen LogP contribution in [-0.2, 0) is 16.2 Å². The van der Waals surface area contributed by atoms with Crippen LogP contribution in [0.3, 0.4) is 0 Å². The molecular weight excluding hydrogens is 443 g/mol. The van der Waals surface area contributed by atoms with Crippen LogP contribution in [0.2, 0.25) is 0 Å². The van der Waals surface area contributed by atoms with Gasteiger partial charge < -0.3 is 4.42 Å². The lowest BCUT2D eigenvalue weighted by atomic mass is 10.1. The summed E-state index contributed by atoms with van der Waals surface area (Å²) in [5, 5.41) is 0. The maximum absolute atomic E-state index is 13.4. The minimum Gasteiger partial charge on any atom is -0.430 e. The largest absolute Gasteiger partial charge is 0.469 e. The Morgan fingerprint density at radius 2 is 1.48 bits per heavy atom. The van der Waals surface area contributed by atoms with E-state index in [2.05, 4.69) is 9.40 Å². The average Bonchev–Trinajstić information content (AvgIpc) is 3.17. The molecule has 0 atom stereocenters. The van der Waals surface area contributed by atoms with Gasteiger partial charge in [-0.2, -0.15) is 18.2 Å². The summed E-state index contributed by atoms with van der Waals surface area (Å²) in [6, 6.07) is 8.95. The number of alkyl halides is 3. The van der Waals surface area contributed by atoms with E-state index in [0.29, 0.717) is 12.1 Å². The van der Waals surface area contributed by atoms with Gasteiger partial charge >= 0.3 is 12.1 Å². The maximum atomic E-state index is 13.4. The maximum Gasteiger partial charge on any atom is 0.469 e. The number of benzene rings is 2. The number of anilines is 1. The number of sulfonamides is 1. The van der Waals surface area contributed by atoms with Gasteiger partial charge in [-0.25, -0.2) is 17.2 Å². The van der Waals surface area contributed by atoms with Crippen LogP contribution in [0.15, 0.2) is 57.8 Å². The summed E-state index contributed by atoms with van der Waals surface area (Å²) in [4.78, 5) is 2.88. The van der Waals surface area contributed by atoms with E-state index in [-0.39, 0.29) is 10.5 Å². The van der Waals surface area contributed by atoms with Crippen molar-refractivity contribution in [3.63, 3.8) is 0 Å². The first-order valence-electron chi connectivity index (χ1n) is 9.19. The van der Waals surface area contributed by atoms with Crippen molar-refractivity contribution in [3.05, 3.63) is 66.1 Å². The van der Waals surface area contributed by atoms with Crippen molar-refractivity contribution in [2.45, 2.75) is 38.8 Å². The Bertz CT molecular complexity index is 1080. The summed E-state index contributed by atoms with van der Waals surface area (Å²) in [7, 11) is -4.30. The predicted molar refractivity (Wildman–Crippen MR) is 107 cm³/mol. The Hall–Kier alpha value is -2.95. The summed E-state index contributed by atoms with van der Waals surface area (Å²) in [5.74, 6) is -5.85. The third kappa shape index (κ3) is 6.51. The minimum absolute atomic E-state index is 0.238. The minimum atomic E-state index is -5.02. The zero-order valence-electron chi connectivity index (χ0n) is 17.1. The molecule has 0 aliphatic carbocycles. The number of hydrogen-bond donors (Lipinski definition) is 1. The van der Waals surface area contributed by atoms with Crippen LogP contribution in [0.1, 0.15) is 33.6 Å². The number of oxazole rings is 1. The molecule has 0 saturated heterocycles. The van der Waals surface area contributed by atoms with E-state index in [0.717, 1.165) is 6.07 Å². The summed E-state index contributed by atoms with van der Waals surface area (Å²) in [5.41, 5.74) is -0.331. The summed E-state index contributed by atoms with van der Waals surface area (Å²) in [6.07, 6.45) is -5.02. The van der Waals surface area contributed by atoms with Crippen molar-refractivity contribution >= 4 is 15.8 Å². The van der Waals surface area contributed by atoms with Gasteiger partial charge in [-0.1, -0.05) is 45.9 Å². The van der Waals surface area contributed by atoms with Crippen molar-refractivity contribution in [3.8, 4) is 11.3 Å². The number of hydrogen-bond acceptors (Lipinski definition) is 4. The number of halogens is 5. The molecule has 0 aliphatic heterocycles. The highest BCUT2D eigenvalue weighted by Crippen LogP contribution is 2.37. The Balaban J connectivity index is 0.00000113. The lowest BCUT2D eigenvalue weighted by Crippen LogP contribution is -2.14. The molecule has 170 valence electrons. The summed E-state index contributed by atoms with van der Waals surface area (Å²) in [6.45, 7) is 8.00. The molecule has 0 amide bonds. The molecule has 2 aromatic carbocycles. The first kappa shape index (κ1) is 26.1. The molecule has 0 saturated carbocycles. The Labute approximate surface area is 177 Å². The van der Waals surface area contributed by atoms with Crippen molar-refractivity contribution in [2.75, 3.05) is 4.72 Å². The zero-order valence-corrected chi connectivity index (χ0v) is 17.9.